The van der Waals surface area contributed by atoms with E-state index in [2.05, 4.69) is 10.6 Å². The third-order valence-corrected chi connectivity index (χ3v) is 4.53. The monoisotopic (exact) mass is 383 g/mol. The zero-order valence-electron chi connectivity index (χ0n) is 17.0. The minimum absolute atomic E-state index is 0.131. The number of aryl methyl sites for hydroxylation is 1. The van der Waals surface area contributed by atoms with Crippen molar-refractivity contribution in [1.82, 2.24) is 4.90 Å². The molecule has 0 saturated carbocycles. The topological polar surface area (TPSA) is 70.7 Å². The number of amides is 2. The molecule has 0 aromatic heterocycles. The average molecular weight is 383 g/mol. The van der Waals surface area contributed by atoms with Gasteiger partial charge in [-0.05, 0) is 56.1 Å². The molecule has 0 aliphatic heterocycles. The van der Waals surface area contributed by atoms with Gasteiger partial charge in [0.05, 0.1) is 25.9 Å². The number of methoxy groups -OCH3 is 1. The van der Waals surface area contributed by atoms with E-state index < -0.39 is 0 Å². The van der Waals surface area contributed by atoms with E-state index in [1.165, 1.54) is 0 Å². The molecule has 2 aromatic rings. The van der Waals surface area contributed by atoms with E-state index in [-0.39, 0.29) is 24.9 Å². The van der Waals surface area contributed by atoms with Gasteiger partial charge < -0.3 is 15.4 Å². The van der Waals surface area contributed by atoms with Crippen LogP contribution in [0, 0.1) is 13.8 Å². The van der Waals surface area contributed by atoms with Crippen LogP contribution in [-0.2, 0) is 9.59 Å². The number of nitrogens with zero attached hydrogens (tertiary/aromatic N) is 1. The second kappa shape index (κ2) is 10.5. The van der Waals surface area contributed by atoms with E-state index in [9.17, 15) is 9.59 Å². The lowest BCUT2D eigenvalue weighted by Gasteiger charge is -2.21. The number of benzene rings is 2. The van der Waals surface area contributed by atoms with Gasteiger partial charge in [0.1, 0.15) is 5.75 Å². The Kier molecular flexibility index (Phi) is 8.02. The number of rotatable bonds is 9. The summed E-state index contributed by atoms with van der Waals surface area (Å²) in [6.07, 6.45) is 0.846. The molecule has 6 heteroatoms. The minimum Gasteiger partial charge on any atom is -0.495 e. The van der Waals surface area contributed by atoms with Crippen LogP contribution in [0.2, 0.25) is 0 Å². The smallest absolute Gasteiger partial charge is 0.238 e. The zero-order chi connectivity index (χ0) is 20.5. The third kappa shape index (κ3) is 6.09. The largest absolute Gasteiger partial charge is 0.495 e. The number of carbonyl (C=O) groups is 2. The fourth-order valence-electron chi connectivity index (χ4n) is 2.95. The number of carbonyl (C=O) groups excluding carboxylic acids is 2. The summed E-state index contributed by atoms with van der Waals surface area (Å²) in [6, 6.07) is 13.1. The van der Waals surface area contributed by atoms with E-state index in [0.717, 1.165) is 23.2 Å². The Balaban J connectivity index is 1.97. The number of anilines is 2. The molecule has 2 rings (SSSR count). The predicted octanol–water partition coefficient (Wildman–Crippen LogP) is 3.60. The Morgan fingerprint density at radius 2 is 1.54 bits per heavy atom. The summed E-state index contributed by atoms with van der Waals surface area (Å²) in [7, 11) is 1.56. The lowest BCUT2D eigenvalue weighted by molar-refractivity contribution is -0.120. The van der Waals surface area contributed by atoms with E-state index in [0.29, 0.717) is 18.0 Å². The van der Waals surface area contributed by atoms with Crippen molar-refractivity contribution < 1.29 is 14.3 Å². The SMILES string of the molecule is CCCN(CC(=O)Nc1ccccc1OC)CC(=O)Nc1cccc(C)c1C. The lowest BCUT2D eigenvalue weighted by Crippen LogP contribution is -2.39. The first-order valence-corrected chi connectivity index (χ1v) is 9.45. The first-order chi connectivity index (χ1) is 13.4. The number of para-hydroxylation sites is 2. The Bertz CT molecular complexity index is 820. The number of hydrogen-bond donors (Lipinski definition) is 2. The Labute approximate surface area is 166 Å². The molecule has 0 bridgehead atoms. The highest BCUT2D eigenvalue weighted by Crippen LogP contribution is 2.23. The molecule has 0 spiro atoms. The summed E-state index contributed by atoms with van der Waals surface area (Å²) in [6.45, 7) is 6.95. The fourth-order valence-corrected chi connectivity index (χ4v) is 2.95. The van der Waals surface area contributed by atoms with Gasteiger partial charge in [-0.2, -0.15) is 0 Å². The molecule has 0 atom stereocenters. The van der Waals surface area contributed by atoms with Crippen molar-refractivity contribution in [2.24, 2.45) is 0 Å². The molecule has 2 N–H and O–H groups in total. The molecule has 6 nitrogen and oxygen atoms in total. The van der Waals surface area contributed by atoms with Crippen molar-refractivity contribution in [2.45, 2.75) is 27.2 Å². The van der Waals surface area contributed by atoms with Gasteiger partial charge >= 0.3 is 0 Å². The summed E-state index contributed by atoms with van der Waals surface area (Å²) in [5.41, 5.74) is 3.59. The van der Waals surface area contributed by atoms with E-state index >= 15 is 0 Å². The van der Waals surface area contributed by atoms with Crippen LogP contribution in [0.25, 0.3) is 0 Å². The van der Waals surface area contributed by atoms with Crippen molar-refractivity contribution in [3.05, 3.63) is 53.6 Å². The first-order valence-electron chi connectivity index (χ1n) is 9.45. The summed E-state index contributed by atoms with van der Waals surface area (Å²) < 4.78 is 5.26. The standard InChI is InChI=1S/C22H29N3O3/c1-5-13-25(14-21(26)23-18-11-8-9-16(2)17(18)3)15-22(27)24-19-10-6-7-12-20(19)28-4/h6-12H,5,13-15H2,1-4H3,(H,23,26)(H,24,27). The molecular weight excluding hydrogens is 354 g/mol. The quantitative estimate of drug-likeness (QED) is 0.694. The summed E-state index contributed by atoms with van der Waals surface area (Å²) >= 11 is 0. The molecule has 0 radical (unpaired) electrons. The highest BCUT2D eigenvalue weighted by molar-refractivity contribution is 5.95. The number of ether oxygens (including phenoxy) is 1. The van der Waals surface area contributed by atoms with Crippen molar-refractivity contribution in [2.75, 3.05) is 37.4 Å². The molecular formula is C22H29N3O3. The van der Waals surface area contributed by atoms with Crippen LogP contribution in [0.3, 0.4) is 0 Å². The van der Waals surface area contributed by atoms with Crippen LogP contribution < -0.4 is 15.4 Å². The first kappa shape index (κ1) is 21.4. The second-order valence-electron chi connectivity index (χ2n) is 6.75. The van der Waals surface area contributed by atoms with Gasteiger partial charge in [0.25, 0.3) is 0 Å². The van der Waals surface area contributed by atoms with E-state index in [1.807, 2.05) is 56.0 Å². The van der Waals surface area contributed by atoms with Gasteiger partial charge in [-0.3, -0.25) is 14.5 Å². The van der Waals surface area contributed by atoms with Crippen LogP contribution in [0.1, 0.15) is 24.5 Å². The molecule has 0 aliphatic carbocycles. The van der Waals surface area contributed by atoms with Crippen molar-refractivity contribution >= 4 is 23.2 Å². The molecule has 0 saturated heterocycles. The van der Waals surface area contributed by atoms with Gasteiger partial charge in [0.2, 0.25) is 11.8 Å². The van der Waals surface area contributed by atoms with Crippen LogP contribution in [0.5, 0.6) is 5.75 Å². The normalized spacial score (nSPS) is 10.6. The molecule has 0 heterocycles. The molecule has 0 aliphatic rings. The van der Waals surface area contributed by atoms with Crippen molar-refractivity contribution in [3.63, 3.8) is 0 Å². The van der Waals surface area contributed by atoms with Crippen LogP contribution in [0.15, 0.2) is 42.5 Å². The average Bonchev–Trinajstić information content (AvgIpc) is 2.66. The Morgan fingerprint density at radius 1 is 0.929 bits per heavy atom. The van der Waals surface area contributed by atoms with E-state index in [1.54, 1.807) is 19.2 Å². The van der Waals surface area contributed by atoms with E-state index in [4.69, 9.17) is 4.74 Å². The van der Waals surface area contributed by atoms with Crippen LogP contribution in [0.4, 0.5) is 11.4 Å². The molecule has 2 aromatic carbocycles. The van der Waals surface area contributed by atoms with Gasteiger partial charge in [-0.25, -0.2) is 0 Å². The van der Waals surface area contributed by atoms with Crippen molar-refractivity contribution in [1.29, 1.82) is 0 Å². The second-order valence-corrected chi connectivity index (χ2v) is 6.75. The van der Waals surface area contributed by atoms with Gasteiger partial charge in [0, 0.05) is 5.69 Å². The van der Waals surface area contributed by atoms with Crippen molar-refractivity contribution in [3.8, 4) is 5.75 Å². The minimum atomic E-state index is -0.183. The lowest BCUT2D eigenvalue weighted by atomic mass is 10.1. The van der Waals surface area contributed by atoms with Gasteiger partial charge in [-0.1, -0.05) is 31.2 Å². The molecule has 2 amide bonds. The summed E-state index contributed by atoms with van der Waals surface area (Å²) in [5, 5.41) is 5.80. The molecule has 150 valence electrons. The number of nitrogens with one attached hydrogen (secondary N) is 2. The van der Waals surface area contributed by atoms with Crippen LogP contribution >= 0.6 is 0 Å². The Morgan fingerprint density at radius 3 is 2.18 bits per heavy atom. The van der Waals surface area contributed by atoms with Gasteiger partial charge in [-0.15, -0.1) is 0 Å². The predicted molar refractivity (Wildman–Crippen MR) is 113 cm³/mol. The summed E-state index contributed by atoms with van der Waals surface area (Å²) in [4.78, 5) is 26.8. The Hall–Kier alpha value is -2.86. The maximum absolute atomic E-state index is 12.5. The number of hydrogen-bond acceptors (Lipinski definition) is 4. The van der Waals surface area contributed by atoms with Gasteiger partial charge in [0.15, 0.2) is 0 Å². The highest BCUT2D eigenvalue weighted by Gasteiger charge is 2.16. The highest BCUT2D eigenvalue weighted by atomic mass is 16.5. The maximum atomic E-state index is 12.5. The maximum Gasteiger partial charge on any atom is 0.238 e. The third-order valence-electron chi connectivity index (χ3n) is 4.53. The molecule has 0 unspecified atom stereocenters. The molecule has 0 fully saturated rings. The van der Waals surface area contributed by atoms with Crippen LogP contribution in [-0.4, -0.2) is 43.5 Å². The summed E-state index contributed by atoms with van der Waals surface area (Å²) in [5.74, 6) is 0.287. The fraction of sp³-hybridized carbons (Fsp3) is 0.364. The molecule has 28 heavy (non-hydrogen) atoms. The zero-order valence-corrected chi connectivity index (χ0v) is 17.0.